The monoisotopic (exact) mass is 840 g/mol. The Morgan fingerprint density at radius 2 is 1.58 bits per heavy atom. The number of benzene rings is 2. The molecule has 2 aromatic heterocycles. The van der Waals surface area contributed by atoms with E-state index in [-0.39, 0.29) is 41.9 Å². The number of H-pyrrole nitrogens is 2. The van der Waals surface area contributed by atoms with Crippen molar-refractivity contribution in [2.75, 3.05) is 26.8 Å². The third-order valence-electron chi connectivity index (χ3n) is 11.1. The van der Waals surface area contributed by atoms with Crippen molar-refractivity contribution in [2.24, 2.45) is 23.7 Å². The summed E-state index contributed by atoms with van der Waals surface area (Å²) in [4.78, 5) is 67.4. The molecule has 4 heterocycles. The summed E-state index contributed by atoms with van der Waals surface area (Å²) in [5.41, 5.74) is 4.56. The SMILES string of the molecule is COC(=O)N[C@H](C(=O)N1C[C@@H](C(F)(F)F)C[C@H]1c1ncc(-c2ccc(-c3ccc(-c4[nH]c([C@@H]5CCCN5C(=O)[C@@H](COOC=N)C(C)C)nc4Cl)cc3)cc2)[nH]1)C(C)C. The second kappa shape index (κ2) is 18.2. The van der Waals surface area contributed by atoms with Crippen LogP contribution in [0, 0.1) is 29.1 Å². The predicted molar refractivity (Wildman–Crippen MR) is 213 cm³/mol. The minimum Gasteiger partial charge on any atom is -0.453 e. The number of hydrogen-bond donors (Lipinski definition) is 4. The molecule has 0 unspecified atom stereocenters. The maximum atomic E-state index is 14.0. The van der Waals surface area contributed by atoms with Gasteiger partial charge in [0.15, 0.2) is 5.15 Å². The lowest BCUT2D eigenvalue weighted by Crippen LogP contribution is -2.51. The van der Waals surface area contributed by atoms with E-state index in [0.29, 0.717) is 30.2 Å². The summed E-state index contributed by atoms with van der Waals surface area (Å²) in [5, 5.41) is 9.76. The van der Waals surface area contributed by atoms with Gasteiger partial charge >= 0.3 is 12.3 Å². The van der Waals surface area contributed by atoms with Crippen LogP contribution in [0.3, 0.4) is 0 Å². The largest absolute Gasteiger partial charge is 0.453 e. The molecule has 5 atom stereocenters. The first-order chi connectivity index (χ1) is 28.1. The number of amides is 3. The van der Waals surface area contributed by atoms with Gasteiger partial charge in [-0.05, 0) is 47.8 Å². The lowest BCUT2D eigenvalue weighted by atomic mass is 9.95. The Morgan fingerprint density at radius 3 is 2.17 bits per heavy atom. The molecule has 0 aliphatic carbocycles. The fourth-order valence-electron chi connectivity index (χ4n) is 7.72. The van der Waals surface area contributed by atoms with Gasteiger partial charge in [-0.3, -0.25) is 15.0 Å². The first-order valence-electron chi connectivity index (χ1n) is 19.4. The van der Waals surface area contributed by atoms with Gasteiger partial charge in [0.2, 0.25) is 18.2 Å². The van der Waals surface area contributed by atoms with E-state index in [2.05, 4.69) is 34.9 Å². The molecule has 2 aliphatic rings. The number of rotatable bonds is 14. The average molecular weight is 841 g/mol. The summed E-state index contributed by atoms with van der Waals surface area (Å²) in [6.45, 7) is 7.28. The van der Waals surface area contributed by atoms with Crippen LogP contribution in [0.15, 0.2) is 54.7 Å². The number of alkyl carbamates (subject to hydrolysis) is 1. The highest BCUT2D eigenvalue weighted by Gasteiger charge is 2.51. The van der Waals surface area contributed by atoms with E-state index >= 15 is 0 Å². The number of likely N-dealkylation sites (tertiary alicyclic amines) is 2. The van der Waals surface area contributed by atoms with E-state index in [1.807, 2.05) is 62.4 Å². The fraction of sp³-hybridized carbons (Fsp3) is 0.463. The van der Waals surface area contributed by atoms with Gasteiger partial charge in [0.25, 0.3) is 0 Å². The van der Waals surface area contributed by atoms with Gasteiger partial charge in [0.1, 0.15) is 24.3 Å². The summed E-state index contributed by atoms with van der Waals surface area (Å²) >= 11 is 6.66. The molecule has 14 nitrogen and oxygen atoms in total. The number of methoxy groups -OCH3 is 1. The Hall–Kier alpha value is -5.42. The molecule has 0 bridgehead atoms. The summed E-state index contributed by atoms with van der Waals surface area (Å²) in [7, 11) is 1.15. The minimum absolute atomic E-state index is 0.0191. The number of aromatic amines is 2. The van der Waals surface area contributed by atoms with E-state index < -0.39 is 54.6 Å². The topological polar surface area (TPSA) is 179 Å². The van der Waals surface area contributed by atoms with Crippen molar-refractivity contribution in [1.29, 1.82) is 5.41 Å². The fourth-order valence-corrected chi connectivity index (χ4v) is 7.97. The molecule has 2 aromatic carbocycles. The van der Waals surface area contributed by atoms with Crippen LogP contribution in [0.5, 0.6) is 0 Å². The summed E-state index contributed by atoms with van der Waals surface area (Å²) in [6.07, 6.45) is -2.02. The van der Waals surface area contributed by atoms with Crippen molar-refractivity contribution in [1.82, 2.24) is 35.1 Å². The van der Waals surface area contributed by atoms with E-state index in [0.717, 1.165) is 47.1 Å². The maximum absolute atomic E-state index is 14.0. The Labute approximate surface area is 344 Å². The van der Waals surface area contributed by atoms with E-state index in [1.165, 1.54) is 6.20 Å². The average Bonchev–Trinajstić information content (AvgIpc) is 4.04. The molecule has 316 valence electrons. The molecule has 2 aliphatic heterocycles. The van der Waals surface area contributed by atoms with E-state index in [1.54, 1.807) is 18.7 Å². The second-order valence-corrected chi connectivity index (χ2v) is 15.9. The van der Waals surface area contributed by atoms with Crippen molar-refractivity contribution in [3.63, 3.8) is 0 Å². The smallest absolute Gasteiger partial charge is 0.407 e. The zero-order valence-electron chi connectivity index (χ0n) is 33.3. The third kappa shape index (κ3) is 9.57. The van der Waals surface area contributed by atoms with Crippen LogP contribution in [-0.2, 0) is 24.1 Å². The van der Waals surface area contributed by atoms with Crippen LogP contribution < -0.4 is 5.32 Å². The molecule has 4 aromatic rings. The molecule has 0 saturated carbocycles. The number of nitrogens with one attached hydrogen (secondary N) is 4. The van der Waals surface area contributed by atoms with Crippen LogP contribution in [0.1, 0.15) is 70.7 Å². The number of imidazole rings is 2. The van der Waals surface area contributed by atoms with Gasteiger partial charge < -0.3 is 34.7 Å². The van der Waals surface area contributed by atoms with Gasteiger partial charge in [0, 0.05) is 18.7 Å². The highest BCUT2D eigenvalue weighted by atomic mass is 35.5. The minimum atomic E-state index is -4.53. The Kier molecular flexibility index (Phi) is 13.3. The number of carbonyl (C=O) groups excluding carboxylic acids is 3. The molecule has 2 fully saturated rings. The molecule has 3 amide bonds. The summed E-state index contributed by atoms with van der Waals surface area (Å²) in [5.74, 6) is -2.57. The van der Waals surface area contributed by atoms with Gasteiger partial charge in [-0.1, -0.05) is 87.8 Å². The third-order valence-corrected chi connectivity index (χ3v) is 11.3. The van der Waals surface area contributed by atoms with Crippen molar-refractivity contribution in [3.05, 3.63) is 71.5 Å². The van der Waals surface area contributed by atoms with Gasteiger partial charge in [-0.25, -0.2) is 14.8 Å². The molecular weight excluding hydrogens is 793 g/mol. The Morgan fingerprint density at radius 1 is 0.932 bits per heavy atom. The molecular formula is C41H48ClF3N8O6. The van der Waals surface area contributed by atoms with Crippen LogP contribution in [-0.4, -0.2) is 93.1 Å². The first-order valence-corrected chi connectivity index (χ1v) is 19.8. The molecule has 2 saturated heterocycles. The van der Waals surface area contributed by atoms with E-state index in [9.17, 15) is 27.6 Å². The van der Waals surface area contributed by atoms with Crippen molar-refractivity contribution < 1.29 is 42.1 Å². The van der Waals surface area contributed by atoms with Crippen molar-refractivity contribution >= 4 is 35.9 Å². The molecule has 4 N–H and O–H groups in total. The van der Waals surface area contributed by atoms with Crippen molar-refractivity contribution in [3.8, 4) is 33.6 Å². The quantitative estimate of drug-likeness (QED) is 0.0323. The standard InChI is InChI=1S/C41H48ClF3N8O6/c1-22(2)29(20-58-59-21-46)38(54)52-16-6-7-31(52)37-49-34(35(42)51-37)27-14-10-25(11-15-27)24-8-12-26(13-9-24)30-18-47-36(48-30)32-17-28(41(43,44)45)19-53(32)39(55)33(23(3)4)50-40(56)57-5/h8-15,18,21-23,28-29,31-33,46H,6-7,16-17,19-20H2,1-5H3,(H,47,48)(H,49,51)(H,50,56)/t28-,29-,31-,32-,33-/m0/s1. The van der Waals surface area contributed by atoms with Gasteiger partial charge in [0.05, 0.1) is 48.6 Å². The van der Waals surface area contributed by atoms with Gasteiger partial charge in [-0.2, -0.15) is 18.1 Å². The number of aromatic nitrogens is 4. The number of carbonyl (C=O) groups is 3. The van der Waals surface area contributed by atoms with Gasteiger partial charge in [-0.15, -0.1) is 0 Å². The lowest BCUT2D eigenvalue weighted by molar-refractivity contribution is -0.229. The zero-order valence-corrected chi connectivity index (χ0v) is 34.1. The number of nitrogens with zero attached hydrogens (tertiary/aromatic N) is 4. The molecule has 18 heteroatoms. The highest BCUT2D eigenvalue weighted by Crippen LogP contribution is 2.43. The summed E-state index contributed by atoms with van der Waals surface area (Å²) in [6, 6.07) is 13.0. The molecule has 6 rings (SSSR count). The number of hydrogen-bond acceptors (Lipinski definition) is 9. The number of alkyl halides is 3. The number of ether oxygens (including phenoxy) is 1. The van der Waals surface area contributed by atoms with Crippen molar-refractivity contribution in [2.45, 2.75) is 71.3 Å². The van der Waals surface area contributed by atoms with Crippen LogP contribution in [0.25, 0.3) is 33.6 Å². The first kappa shape index (κ1) is 43.2. The van der Waals surface area contributed by atoms with Crippen LogP contribution in [0.4, 0.5) is 18.0 Å². The molecule has 0 spiro atoms. The predicted octanol–water partition coefficient (Wildman–Crippen LogP) is 8.11. The van der Waals surface area contributed by atoms with E-state index in [4.69, 9.17) is 21.9 Å². The van der Waals surface area contributed by atoms with Crippen LogP contribution >= 0.6 is 11.6 Å². The molecule has 59 heavy (non-hydrogen) atoms. The zero-order chi connectivity index (χ0) is 42.6. The molecule has 0 radical (unpaired) electrons. The van der Waals surface area contributed by atoms with Crippen LogP contribution in [0.2, 0.25) is 5.15 Å². The maximum Gasteiger partial charge on any atom is 0.407 e. The number of halogens is 4. The lowest BCUT2D eigenvalue weighted by Gasteiger charge is -2.30. The Balaban J connectivity index is 1.15. The normalized spacial score (nSPS) is 19.3. The Bertz CT molecular complexity index is 2110. The highest BCUT2D eigenvalue weighted by molar-refractivity contribution is 6.31. The summed E-state index contributed by atoms with van der Waals surface area (Å²) < 4.78 is 46.6. The second-order valence-electron chi connectivity index (χ2n) is 15.5.